The number of aromatic nitrogens is 1. The van der Waals surface area contributed by atoms with Crippen molar-refractivity contribution in [2.75, 3.05) is 38.2 Å². The van der Waals surface area contributed by atoms with Crippen molar-refractivity contribution >= 4 is 34.6 Å². The molecular formula is C26H34N4O5S. The number of amides is 3. The van der Waals surface area contributed by atoms with Crippen LogP contribution in [0.4, 0.5) is 14.7 Å². The maximum atomic E-state index is 13.1. The molecule has 2 aromatic rings. The summed E-state index contributed by atoms with van der Waals surface area (Å²) >= 11 is 1.43. The second-order valence-electron chi connectivity index (χ2n) is 10.9. The van der Waals surface area contributed by atoms with Crippen molar-refractivity contribution < 1.29 is 23.9 Å². The summed E-state index contributed by atoms with van der Waals surface area (Å²) in [6.45, 7) is 11.1. The van der Waals surface area contributed by atoms with E-state index in [0.29, 0.717) is 37.7 Å². The number of hydrogen-bond donors (Lipinski definition) is 0. The number of thiazole rings is 1. The molecule has 1 aromatic carbocycles. The molecule has 0 aliphatic carbocycles. The van der Waals surface area contributed by atoms with Gasteiger partial charge in [-0.15, -0.1) is 11.3 Å². The molecule has 10 heteroatoms. The van der Waals surface area contributed by atoms with Crippen LogP contribution in [0.5, 0.6) is 0 Å². The molecule has 0 radical (unpaired) electrons. The summed E-state index contributed by atoms with van der Waals surface area (Å²) in [5.74, 6) is -0.239. The fraction of sp³-hybridized carbons (Fsp3) is 0.538. The van der Waals surface area contributed by atoms with Gasteiger partial charge in [-0.25, -0.2) is 14.6 Å². The molecule has 3 heterocycles. The smallest absolute Gasteiger partial charge is 0.410 e. The molecule has 0 bridgehead atoms. The van der Waals surface area contributed by atoms with Gasteiger partial charge in [-0.2, -0.15) is 0 Å². The maximum absolute atomic E-state index is 13.1. The van der Waals surface area contributed by atoms with Gasteiger partial charge in [-0.3, -0.25) is 9.69 Å². The van der Waals surface area contributed by atoms with Crippen molar-refractivity contribution in [3.8, 4) is 11.3 Å². The number of ether oxygens (including phenoxy) is 2. The number of benzene rings is 1. The Balaban J connectivity index is 1.42. The van der Waals surface area contributed by atoms with Crippen molar-refractivity contribution in [2.24, 2.45) is 5.41 Å². The second-order valence-corrected chi connectivity index (χ2v) is 11.8. The number of urea groups is 1. The topological polar surface area (TPSA) is 92.3 Å². The fourth-order valence-electron chi connectivity index (χ4n) is 4.53. The fourth-order valence-corrected chi connectivity index (χ4v) is 5.37. The normalized spacial score (nSPS) is 18.3. The summed E-state index contributed by atoms with van der Waals surface area (Å²) in [5.41, 5.74) is 1.61. The van der Waals surface area contributed by atoms with Gasteiger partial charge in [0.25, 0.3) is 0 Å². The molecule has 3 amide bonds. The number of hydrogen-bond acceptors (Lipinski definition) is 7. The Labute approximate surface area is 216 Å². The van der Waals surface area contributed by atoms with E-state index in [0.717, 1.165) is 16.8 Å². The van der Waals surface area contributed by atoms with Gasteiger partial charge in [0.15, 0.2) is 5.13 Å². The monoisotopic (exact) mass is 514 g/mol. The molecule has 0 spiro atoms. The quantitative estimate of drug-likeness (QED) is 0.549. The van der Waals surface area contributed by atoms with Crippen LogP contribution in [0.2, 0.25) is 0 Å². The molecule has 36 heavy (non-hydrogen) atoms. The van der Waals surface area contributed by atoms with Crippen LogP contribution in [0.3, 0.4) is 0 Å². The number of esters is 1. The van der Waals surface area contributed by atoms with Crippen LogP contribution < -0.4 is 4.90 Å². The van der Waals surface area contributed by atoms with Crippen LogP contribution >= 0.6 is 11.3 Å². The molecule has 2 aliphatic rings. The van der Waals surface area contributed by atoms with Crippen molar-refractivity contribution in [3.63, 3.8) is 0 Å². The third-order valence-corrected chi connectivity index (χ3v) is 7.22. The summed E-state index contributed by atoms with van der Waals surface area (Å²) in [5, 5.41) is 2.59. The van der Waals surface area contributed by atoms with Crippen molar-refractivity contribution in [3.05, 3.63) is 35.2 Å². The third kappa shape index (κ3) is 5.48. The predicted octanol–water partition coefficient (Wildman–Crippen LogP) is 4.41. The number of nitrogens with zero attached hydrogens (tertiary/aromatic N) is 4. The largest absolute Gasteiger partial charge is 0.469 e. The van der Waals surface area contributed by atoms with Crippen molar-refractivity contribution in [2.45, 2.75) is 52.7 Å². The zero-order valence-corrected chi connectivity index (χ0v) is 22.6. The lowest BCUT2D eigenvalue weighted by Crippen LogP contribution is -2.54. The first-order valence-corrected chi connectivity index (χ1v) is 13.0. The molecule has 194 valence electrons. The average Bonchev–Trinajstić information content (AvgIpc) is 3.42. The molecule has 2 fully saturated rings. The number of rotatable bonds is 5. The van der Waals surface area contributed by atoms with E-state index in [1.165, 1.54) is 18.4 Å². The minimum Gasteiger partial charge on any atom is -0.469 e. The molecule has 2 aliphatic heterocycles. The van der Waals surface area contributed by atoms with E-state index in [-0.39, 0.29) is 24.1 Å². The highest BCUT2D eigenvalue weighted by atomic mass is 32.1. The summed E-state index contributed by atoms with van der Waals surface area (Å²) in [6, 6.07) is 7.77. The van der Waals surface area contributed by atoms with Gasteiger partial charge in [-0.05, 0) is 46.6 Å². The molecule has 1 atom stereocenters. The minimum atomic E-state index is -0.606. The number of fused-ring (bicyclic) bond motifs is 1. The van der Waals surface area contributed by atoms with E-state index in [4.69, 9.17) is 14.5 Å². The van der Waals surface area contributed by atoms with Gasteiger partial charge in [-0.1, -0.05) is 24.3 Å². The van der Waals surface area contributed by atoms with Gasteiger partial charge in [0, 0.05) is 30.6 Å². The Morgan fingerprint density at radius 3 is 2.42 bits per heavy atom. The molecule has 9 nitrogen and oxygen atoms in total. The van der Waals surface area contributed by atoms with Crippen molar-refractivity contribution in [1.82, 2.24) is 14.8 Å². The summed E-state index contributed by atoms with van der Waals surface area (Å²) in [6.07, 6.45) is 0.227. The molecule has 1 aromatic heterocycles. The lowest BCUT2D eigenvalue weighted by atomic mass is 9.85. The Hall–Kier alpha value is -3.14. The first-order chi connectivity index (χ1) is 16.9. The summed E-state index contributed by atoms with van der Waals surface area (Å²) in [4.78, 5) is 47.5. The van der Waals surface area contributed by atoms with E-state index in [2.05, 4.69) is 0 Å². The molecule has 4 rings (SSSR count). The van der Waals surface area contributed by atoms with Gasteiger partial charge < -0.3 is 19.3 Å². The summed E-state index contributed by atoms with van der Waals surface area (Å²) in [7, 11) is 1.40. The Morgan fingerprint density at radius 2 is 1.78 bits per heavy atom. The molecule has 2 saturated heterocycles. The van der Waals surface area contributed by atoms with Crippen LogP contribution in [0.1, 0.15) is 40.2 Å². The zero-order chi connectivity index (χ0) is 26.3. The highest BCUT2D eigenvalue weighted by molar-refractivity contribution is 7.14. The maximum Gasteiger partial charge on any atom is 0.410 e. The van der Waals surface area contributed by atoms with E-state index in [1.54, 1.807) is 9.80 Å². The van der Waals surface area contributed by atoms with Crippen LogP contribution in [0, 0.1) is 5.41 Å². The van der Waals surface area contributed by atoms with Crippen LogP contribution in [-0.4, -0.2) is 77.8 Å². The first kappa shape index (κ1) is 25.9. The highest BCUT2D eigenvalue weighted by Crippen LogP contribution is 2.33. The summed E-state index contributed by atoms with van der Waals surface area (Å²) < 4.78 is 10.4. The van der Waals surface area contributed by atoms with Crippen LogP contribution in [-0.2, 0) is 20.7 Å². The predicted molar refractivity (Wildman–Crippen MR) is 138 cm³/mol. The lowest BCUT2D eigenvalue weighted by molar-refractivity contribution is -0.150. The van der Waals surface area contributed by atoms with Crippen LogP contribution in [0.25, 0.3) is 11.3 Å². The molecule has 0 unspecified atom stereocenters. The van der Waals surface area contributed by atoms with E-state index < -0.39 is 11.0 Å². The van der Waals surface area contributed by atoms with Gasteiger partial charge in [0.05, 0.1) is 30.8 Å². The SMILES string of the molecule is COC(=O)C(C)(C)Cc1ccc(-c2csc(N3C[C@@H]4CN(C(=O)OC(C)(C)C)CCN4C3=O)n2)cc1. The highest BCUT2D eigenvalue weighted by Gasteiger charge is 2.43. The number of piperazine rings is 1. The number of carbonyl (C=O) groups is 3. The second kappa shape index (κ2) is 9.72. The van der Waals surface area contributed by atoms with Gasteiger partial charge in [0.1, 0.15) is 5.60 Å². The lowest BCUT2D eigenvalue weighted by Gasteiger charge is -2.36. The van der Waals surface area contributed by atoms with E-state index in [9.17, 15) is 14.4 Å². The Bertz CT molecular complexity index is 1140. The number of anilines is 1. The average molecular weight is 515 g/mol. The Kier molecular flexibility index (Phi) is 7.01. The van der Waals surface area contributed by atoms with Gasteiger partial charge in [0.2, 0.25) is 0 Å². The zero-order valence-electron chi connectivity index (χ0n) is 21.7. The minimum absolute atomic E-state index is 0.0786. The standard InChI is InChI=1S/C26H34N4O5S/c1-25(2,3)35-24(33)28-11-12-29-19(14-28)15-30(23(29)32)22-27-20(16-36-22)18-9-7-17(8-10-18)13-26(4,5)21(31)34-6/h7-10,16,19H,11-15H2,1-6H3/t19-/m0/s1. The Morgan fingerprint density at radius 1 is 1.08 bits per heavy atom. The van der Waals surface area contributed by atoms with Crippen LogP contribution in [0.15, 0.2) is 29.6 Å². The van der Waals surface area contributed by atoms with E-state index in [1.807, 2.05) is 69.2 Å². The third-order valence-electron chi connectivity index (χ3n) is 6.36. The first-order valence-electron chi connectivity index (χ1n) is 12.1. The number of carbonyl (C=O) groups excluding carboxylic acids is 3. The molecule has 0 saturated carbocycles. The van der Waals surface area contributed by atoms with E-state index >= 15 is 0 Å². The molecular weight excluding hydrogens is 480 g/mol. The van der Waals surface area contributed by atoms with Crippen molar-refractivity contribution in [1.29, 1.82) is 0 Å². The number of methoxy groups -OCH3 is 1. The molecule has 0 N–H and O–H groups in total. The van der Waals surface area contributed by atoms with Gasteiger partial charge >= 0.3 is 18.1 Å².